The number of nitrogens with one attached hydrogen (secondary N) is 1. The molecule has 2 aromatic carbocycles. The Morgan fingerprint density at radius 1 is 0.867 bits per heavy atom. The summed E-state index contributed by atoms with van der Waals surface area (Å²) in [6, 6.07) is 9.42. The minimum atomic E-state index is -0.746. The summed E-state index contributed by atoms with van der Waals surface area (Å²) in [7, 11) is 0. The van der Waals surface area contributed by atoms with Crippen LogP contribution in [0.1, 0.15) is 31.9 Å². The third-order valence-electron chi connectivity index (χ3n) is 4.63. The van der Waals surface area contributed by atoms with Gasteiger partial charge in [-0.15, -0.1) is 0 Å². The molecule has 0 heterocycles. The molecule has 0 saturated carbocycles. The molecule has 8 heteroatoms. The molecule has 0 aromatic heterocycles. The Hall–Kier alpha value is -1.46. The van der Waals surface area contributed by atoms with E-state index in [-0.39, 0.29) is 30.7 Å². The number of rotatable bonds is 8. The normalized spacial score (nSPS) is 12.0. The Morgan fingerprint density at radius 2 is 1.33 bits per heavy atom. The summed E-state index contributed by atoms with van der Waals surface area (Å²) < 4.78 is 0. The van der Waals surface area contributed by atoms with Crippen molar-refractivity contribution in [2.75, 3.05) is 6.54 Å². The Labute approximate surface area is 197 Å². The second-order valence-corrected chi connectivity index (χ2v) is 9.04. The molecule has 1 N–H and O–H groups in total. The second kappa shape index (κ2) is 11.2. The SMILES string of the molecule is CC(C)CNC(=O)[C@H](C)N(Cc1c(Cl)cccc1Cl)C(=O)Cc1c(Cl)cccc1Cl. The van der Waals surface area contributed by atoms with Crippen LogP contribution in [0.5, 0.6) is 0 Å². The van der Waals surface area contributed by atoms with Crippen LogP contribution >= 0.6 is 46.4 Å². The van der Waals surface area contributed by atoms with E-state index in [9.17, 15) is 9.59 Å². The topological polar surface area (TPSA) is 49.4 Å². The molecule has 4 nitrogen and oxygen atoms in total. The number of nitrogens with zero attached hydrogens (tertiary/aromatic N) is 1. The Balaban J connectivity index is 2.34. The first-order valence-electron chi connectivity index (χ1n) is 9.54. The van der Waals surface area contributed by atoms with Gasteiger partial charge < -0.3 is 10.2 Å². The monoisotopic (exact) mass is 488 g/mol. The van der Waals surface area contributed by atoms with E-state index in [1.165, 1.54) is 4.90 Å². The van der Waals surface area contributed by atoms with Gasteiger partial charge in [-0.25, -0.2) is 0 Å². The van der Waals surface area contributed by atoms with Crippen LogP contribution in [0.3, 0.4) is 0 Å². The molecule has 2 amide bonds. The number of amides is 2. The molecular weight excluding hydrogens is 466 g/mol. The molecule has 0 aliphatic rings. The fourth-order valence-corrected chi connectivity index (χ4v) is 3.89. The van der Waals surface area contributed by atoms with Crippen molar-refractivity contribution in [1.29, 1.82) is 0 Å². The average Bonchev–Trinajstić information content (AvgIpc) is 2.68. The largest absolute Gasteiger partial charge is 0.354 e. The molecular formula is C22H24Cl4N2O2. The predicted octanol–water partition coefficient (Wildman–Crippen LogP) is 6.03. The fourth-order valence-electron chi connectivity index (χ4n) is 2.84. The molecule has 1 atom stereocenters. The first-order valence-corrected chi connectivity index (χ1v) is 11.1. The Bertz CT molecular complexity index is 878. The van der Waals surface area contributed by atoms with Gasteiger partial charge in [0.05, 0.1) is 6.42 Å². The van der Waals surface area contributed by atoms with Crippen LogP contribution in [0.2, 0.25) is 20.1 Å². The lowest BCUT2D eigenvalue weighted by atomic mass is 10.1. The van der Waals surface area contributed by atoms with E-state index in [2.05, 4.69) is 5.32 Å². The summed E-state index contributed by atoms with van der Waals surface area (Å²) in [6.07, 6.45) is -0.0532. The van der Waals surface area contributed by atoms with E-state index in [4.69, 9.17) is 46.4 Å². The van der Waals surface area contributed by atoms with Gasteiger partial charge in [0.25, 0.3) is 0 Å². The lowest BCUT2D eigenvalue weighted by Crippen LogP contribution is -2.48. The van der Waals surface area contributed by atoms with Crippen molar-refractivity contribution in [3.05, 3.63) is 67.6 Å². The molecule has 2 aromatic rings. The van der Waals surface area contributed by atoms with E-state index in [0.717, 1.165) is 0 Å². The minimum absolute atomic E-state index is 0.0532. The summed E-state index contributed by atoms with van der Waals surface area (Å²) in [4.78, 5) is 27.4. The van der Waals surface area contributed by atoms with Crippen LogP contribution in [0.4, 0.5) is 0 Å². The van der Waals surface area contributed by atoms with Crippen molar-refractivity contribution in [2.45, 2.75) is 39.8 Å². The van der Waals surface area contributed by atoms with Gasteiger partial charge >= 0.3 is 0 Å². The van der Waals surface area contributed by atoms with Crippen LogP contribution in [0.15, 0.2) is 36.4 Å². The van der Waals surface area contributed by atoms with Gasteiger partial charge in [-0.05, 0) is 42.7 Å². The van der Waals surface area contributed by atoms with Gasteiger partial charge in [-0.1, -0.05) is 72.4 Å². The Morgan fingerprint density at radius 3 is 1.80 bits per heavy atom. The summed E-state index contributed by atoms with van der Waals surface area (Å²) >= 11 is 25.1. The molecule has 0 aliphatic heterocycles. The van der Waals surface area contributed by atoms with Crippen LogP contribution in [-0.4, -0.2) is 29.3 Å². The van der Waals surface area contributed by atoms with Crippen molar-refractivity contribution in [2.24, 2.45) is 5.92 Å². The molecule has 0 aliphatic carbocycles. The lowest BCUT2D eigenvalue weighted by molar-refractivity contribution is -0.140. The Kier molecular flexibility index (Phi) is 9.30. The average molecular weight is 490 g/mol. The summed E-state index contributed by atoms with van der Waals surface area (Å²) in [5.74, 6) is -0.288. The minimum Gasteiger partial charge on any atom is -0.354 e. The van der Waals surface area contributed by atoms with Gasteiger partial charge in [0.1, 0.15) is 6.04 Å². The molecule has 162 valence electrons. The molecule has 30 heavy (non-hydrogen) atoms. The standard InChI is InChI=1S/C22H24Cl4N2O2/c1-13(2)11-27-22(30)14(3)28(12-16-19(25)8-5-9-20(16)26)21(29)10-15-17(23)6-4-7-18(15)24/h4-9,13-14H,10-12H2,1-3H3,(H,27,30)/t14-/m0/s1. The van der Waals surface area contributed by atoms with Crippen LogP contribution < -0.4 is 5.32 Å². The van der Waals surface area contributed by atoms with Gasteiger partial charge in [0.2, 0.25) is 11.8 Å². The number of halogens is 4. The highest BCUT2D eigenvalue weighted by Crippen LogP contribution is 2.29. The van der Waals surface area contributed by atoms with E-state index in [1.54, 1.807) is 43.3 Å². The summed E-state index contributed by atoms with van der Waals surface area (Å²) in [6.45, 7) is 6.25. The summed E-state index contributed by atoms with van der Waals surface area (Å²) in [5.41, 5.74) is 1.08. The van der Waals surface area contributed by atoms with E-state index < -0.39 is 6.04 Å². The maximum Gasteiger partial charge on any atom is 0.242 e. The first-order chi connectivity index (χ1) is 14.1. The van der Waals surface area contributed by atoms with Gasteiger partial charge in [0, 0.05) is 38.7 Å². The second-order valence-electron chi connectivity index (χ2n) is 7.41. The van der Waals surface area contributed by atoms with Crippen LogP contribution in [0, 0.1) is 5.92 Å². The zero-order chi connectivity index (χ0) is 22.4. The van der Waals surface area contributed by atoms with E-state index >= 15 is 0 Å². The third-order valence-corrected chi connectivity index (χ3v) is 6.05. The number of hydrogen-bond acceptors (Lipinski definition) is 2. The van der Waals surface area contributed by atoms with Crippen molar-refractivity contribution < 1.29 is 9.59 Å². The summed E-state index contributed by atoms with van der Waals surface area (Å²) in [5, 5.41) is 4.50. The predicted molar refractivity (Wildman–Crippen MR) is 124 cm³/mol. The molecule has 0 radical (unpaired) electrons. The molecule has 0 saturated heterocycles. The van der Waals surface area contributed by atoms with E-state index in [1.807, 2.05) is 13.8 Å². The fraction of sp³-hybridized carbons (Fsp3) is 0.364. The van der Waals surface area contributed by atoms with Crippen molar-refractivity contribution in [3.8, 4) is 0 Å². The number of hydrogen-bond donors (Lipinski definition) is 1. The highest BCUT2D eigenvalue weighted by Gasteiger charge is 2.28. The quantitative estimate of drug-likeness (QED) is 0.491. The highest BCUT2D eigenvalue weighted by molar-refractivity contribution is 6.36. The van der Waals surface area contributed by atoms with Crippen LogP contribution in [-0.2, 0) is 22.6 Å². The molecule has 2 rings (SSSR count). The van der Waals surface area contributed by atoms with Crippen molar-refractivity contribution >= 4 is 58.2 Å². The first kappa shape index (κ1) is 24.8. The molecule has 0 unspecified atom stereocenters. The van der Waals surface area contributed by atoms with Crippen molar-refractivity contribution in [3.63, 3.8) is 0 Å². The number of carbonyl (C=O) groups excluding carboxylic acids is 2. The maximum absolute atomic E-state index is 13.3. The van der Waals surface area contributed by atoms with Crippen molar-refractivity contribution in [1.82, 2.24) is 10.2 Å². The zero-order valence-electron chi connectivity index (χ0n) is 17.0. The zero-order valence-corrected chi connectivity index (χ0v) is 20.0. The van der Waals surface area contributed by atoms with Gasteiger partial charge in [-0.3, -0.25) is 9.59 Å². The smallest absolute Gasteiger partial charge is 0.242 e. The van der Waals surface area contributed by atoms with Gasteiger partial charge in [0.15, 0.2) is 0 Å². The molecule has 0 fully saturated rings. The van der Waals surface area contributed by atoms with E-state index in [0.29, 0.717) is 37.8 Å². The molecule has 0 spiro atoms. The van der Waals surface area contributed by atoms with Crippen LogP contribution in [0.25, 0.3) is 0 Å². The van der Waals surface area contributed by atoms with Gasteiger partial charge in [-0.2, -0.15) is 0 Å². The number of carbonyl (C=O) groups is 2. The molecule has 0 bridgehead atoms. The third kappa shape index (κ3) is 6.52. The highest BCUT2D eigenvalue weighted by atomic mass is 35.5. The number of benzene rings is 2. The maximum atomic E-state index is 13.3. The lowest BCUT2D eigenvalue weighted by Gasteiger charge is -2.30.